The molecule has 0 bridgehead atoms. The Balaban J connectivity index is 1.88. The van der Waals surface area contributed by atoms with Gasteiger partial charge in [-0.15, -0.1) is 0 Å². The summed E-state index contributed by atoms with van der Waals surface area (Å²) < 4.78 is 10.2. The molecule has 22 heavy (non-hydrogen) atoms. The number of nitrogens with zero attached hydrogens (tertiary/aromatic N) is 2. The fourth-order valence-electron chi connectivity index (χ4n) is 2.91. The number of amides is 1. The molecule has 1 amide bonds. The number of hydrogen-bond donors (Lipinski definition) is 0. The second-order valence-electron chi connectivity index (χ2n) is 5.73. The molecule has 2 heterocycles. The number of carbonyl (C=O) groups excluding carboxylic acids is 2. The van der Waals surface area contributed by atoms with Crippen LogP contribution in [-0.2, 0) is 20.7 Å². The Bertz CT molecular complexity index is 519. The summed E-state index contributed by atoms with van der Waals surface area (Å²) in [4.78, 5) is 26.0. The van der Waals surface area contributed by atoms with Gasteiger partial charge in [-0.1, -0.05) is 5.16 Å². The van der Waals surface area contributed by atoms with Crippen molar-refractivity contribution in [2.24, 2.45) is 5.92 Å². The van der Waals surface area contributed by atoms with E-state index < -0.39 is 0 Å². The first-order valence-corrected chi connectivity index (χ1v) is 7.89. The van der Waals surface area contributed by atoms with Crippen LogP contribution in [0, 0.1) is 19.8 Å². The molecule has 1 fully saturated rings. The van der Waals surface area contributed by atoms with Crippen LogP contribution in [-0.4, -0.2) is 41.6 Å². The van der Waals surface area contributed by atoms with Gasteiger partial charge in [0.05, 0.1) is 18.2 Å². The Kier molecular flexibility index (Phi) is 5.57. The molecule has 0 spiro atoms. The van der Waals surface area contributed by atoms with Crippen molar-refractivity contribution < 1.29 is 18.8 Å². The van der Waals surface area contributed by atoms with Crippen LogP contribution < -0.4 is 0 Å². The number of rotatable bonds is 5. The Morgan fingerprint density at radius 3 is 2.82 bits per heavy atom. The Hall–Kier alpha value is -1.85. The Labute approximate surface area is 130 Å². The lowest BCUT2D eigenvalue weighted by Crippen LogP contribution is -2.42. The number of likely N-dealkylation sites (tertiary alicyclic amines) is 1. The normalized spacial score (nSPS) is 18.3. The van der Waals surface area contributed by atoms with Crippen molar-refractivity contribution in [1.82, 2.24) is 10.1 Å². The highest BCUT2D eigenvalue weighted by Crippen LogP contribution is 2.20. The van der Waals surface area contributed by atoms with Gasteiger partial charge in [0.15, 0.2) is 0 Å². The number of esters is 1. The number of hydrogen-bond acceptors (Lipinski definition) is 5. The van der Waals surface area contributed by atoms with E-state index in [-0.39, 0.29) is 17.8 Å². The van der Waals surface area contributed by atoms with Crippen LogP contribution in [0.3, 0.4) is 0 Å². The van der Waals surface area contributed by atoms with Crippen LogP contribution in [0.1, 0.15) is 43.2 Å². The van der Waals surface area contributed by atoms with Crippen LogP contribution in [0.5, 0.6) is 0 Å². The van der Waals surface area contributed by atoms with Gasteiger partial charge in [0.1, 0.15) is 5.76 Å². The van der Waals surface area contributed by atoms with E-state index in [1.807, 2.05) is 13.8 Å². The van der Waals surface area contributed by atoms with Crippen molar-refractivity contribution in [3.63, 3.8) is 0 Å². The molecule has 122 valence electrons. The number of ether oxygens (including phenoxy) is 1. The lowest BCUT2D eigenvalue weighted by atomic mass is 9.97. The van der Waals surface area contributed by atoms with Crippen molar-refractivity contribution in [3.8, 4) is 0 Å². The van der Waals surface area contributed by atoms with E-state index in [4.69, 9.17) is 9.26 Å². The summed E-state index contributed by atoms with van der Waals surface area (Å²) in [5, 5.41) is 3.90. The highest BCUT2D eigenvalue weighted by atomic mass is 16.5. The summed E-state index contributed by atoms with van der Waals surface area (Å²) in [5.74, 6) is 0.477. The largest absolute Gasteiger partial charge is 0.466 e. The van der Waals surface area contributed by atoms with E-state index in [0.717, 1.165) is 36.4 Å². The maximum atomic E-state index is 12.4. The molecule has 6 nitrogen and oxygen atoms in total. The van der Waals surface area contributed by atoms with Crippen molar-refractivity contribution >= 4 is 11.9 Å². The maximum absolute atomic E-state index is 12.4. The molecule has 1 saturated heterocycles. The van der Waals surface area contributed by atoms with Crippen molar-refractivity contribution in [1.29, 1.82) is 0 Å². The Morgan fingerprint density at radius 1 is 1.41 bits per heavy atom. The molecule has 0 aliphatic carbocycles. The summed E-state index contributed by atoms with van der Waals surface area (Å²) in [6.07, 6.45) is 2.69. The number of piperidine rings is 1. The van der Waals surface area contributed by atoms with Crippen LogP contribution in [0.15, 0.2) is 4.52 Å². The van der Waals surface area contributed by atoms with E-state index in [0.29, 0.717) is 26.0 Å². The van der Waals surface area contributed by atoms with Gasteiger partial charge in [-0.2, -0.15) is 0 Å². The second-order valence-corrected chi connectivity index (χ2v) is 5.73. The van der Waals surface area contributed by atoms with Crippen molar-refractivity contribution in [2.45, 2.75) is 46.5 Å². The highest BCUT2D eigenvalue weighted by molar-refractivity contribution is 5.78. The molecule has 1 aromatic rings. The van der Waals surface area contributed by atoms with Crippen molar-refractivity contribution in [3.05, 3.63) is 17.0 Å². The van der Waals surface area contributed by atoms with E-state index in [9.17, 15) is 9.59 Å². The van der Waals surface area contributed by atoms with Gasteiger partial charge in [0, 0.05) is 25.1 Å². The second kappa shape index (κ2) is 7.42. The third kappa shape index (κ3) is 3.87. The smallest absolute Gasteiger partial charge is 0.310 e. The molecular weight excluding hydrogens is 284 g/mol. The fourth-order valence-corrected chi connectivity index (χ4v) is 2.91. The van der Waals surface area contributed by atoms with Gasteiger partial charge in [-0.25, -0.2) is 0 Å². The van der Waals surface area contributed by atoms with Gasteiger partial charge in [0.25, 0.3) is 0 Å². The topological polar surface area (TPSA) is 72.6 Å². The van der Waals surface area contributed by atoms with E-state index in [1.54, 1.807) is 11.8 Å². The highest BCUT2D eigenvalue weighted by Gasteiger charge is 2.29. The van der Waals surface area contributed by atoms with Gasteiger partial charge in [-0.05, 0) is 40.0 Å². The summed E-state index contributed by atoms with van der Waals surface area (Å²) in [6, 6.07) is 0. The lowest BCUT2D eigenvalue weighted by Gasteiger charge is -2.31. The van der Waals surface area contributed by atoms with Crippen molar-refractivity contribution in [2.75, 3.05) is 19.7 Å². The summed E-state index contributed by atoms with van der Waals surface area (Å²) in [7, 11) is 0. The minimum atomic E-state index is -0.189. The third-order valence-electron chi connectivity index (χ3n) is 4.16. The number of aromatic nitrogens is 1. The third-order valence-corrected chi connectivity index (χ3v) is 4.16. The van der Waals surface area contributed by atoms with Gasteiger partial charge in [-0.3, -0.25) is 9.59 Å². The van der Waals surface area contributed by atoms with Crippen LogP contribution in [0.4, 0.5) is 0 Å². The average molecular weight is 308 g/mol. The molecule has 6 heteroatoms. The van der Waals surface area contributed by atoms with Gasteiger partial charge < -0.3 is 14.2 Å². The summed E-state index contributed by atoms with van der Waals surface area (Å²) >= 11 is 0. The zero-order valence-corrected chi connectivity index (χ0v) is 13.6. The molecule has 1 unspecified atom stereocenters. The Morgan fingerprint density at radius 2 is 2.18 bits per heavy atom. The van der Waals surface area contributed by atoms with E-state index >= 15 is 0 Å². The number of carbonyl (C=O) groups is 2. The predicted octanol–water partition coefficient (Wildman–Crippen LogP) is 2.03. The zero-order chi connectivity index (χ0) is 16.1. The fraction of sp³-hybridized carbons (Fsp3) is 0.688. The average Bonchev–Trinajstić information content (AvgIpc) is 2.84. The van der Waals surface area contributed by atoms with Crippen LogP contribution in [0.25, 0.3) is 0 Å². The molecule has 1 aromatic heterocycles. The van der Waals surface area contributed by atoms with E-state index in [1.165, 1.54) is 0 Å². The molecule has 0 aromatic carbocycles. The van der Waals surface area contributed by atoms with Crippen LogP contribution in [0.2, 0.25) is 0 Å². The monoisotopic (exact) mass is 308 g/mol. The zero-order valence-electron chi connectivity index (χ0n) is 13.6. The van der Waals surface area contributed by atoms with Crippen LogP contribution >= 0.6 is 0 Å². The van der Waals surface area contributed by atoms with E-state index in [2.05, 4.69) is 5.16 Å². The minimum absolute atomic E-state index is 0.0778. The minimum Gasteiger partial charge on any atom is -0.466 e. The molecule has 0 saturated carbocycles. The number of aryl methyl sites for hydroxylation is 2. The standard InChI is InChI=1S/C16H24N2O4/c1-4-21-16(20)13-6-5-9-18(10-13)15(19)8-7-14-11(2)17-22-12(14)3/h13H,4-10H2,1-3H3. The molecule has 0 radical (unpaired) electrons. The lowest BCUT2D eigenvalue weighted by molar-refractivity contribution is -0.151. The summed E-state index contributed by atoms with van der Waals surface area (Å²) in [6.45, 7) is 7.11. The molecule has 2 rings (SSSR count). The molecular formula is C16H24N2O4. The predicted molar refractivity (Wildman–Crippen MR) is 80.2 cm³/mol. The first-order chi connectivity index (χ1) is 10.5. The first-order valence-electron chi connectivity index (χ1n) is 7.89. The molecule has 1 aliphatic heterocycles. The molecule has 0 N–H and O–H groups in total. The van der Waals surface area contributed by atoms with Gasteiger partial charge in [0.2, 0.25) is 5.91 Å². The maximum Gasteiger partial charge on any atom is 0.310 e. The SMILES string of the molecule is CCOC(=O)C1CCCN(C(=O)CCc2c(C)noc2C)C1. The molecule has 1 aliphatic rings. The van der Waals surface area contributed by atoms with Gasteiger partial charge >= 0.3 is 5.97 Å². The summed E-state index contributed by atoms with van der Waals surface area (Å²) in [5.41, 5.74) is 1.85. The first kappa shape index (κ1) is 16.5. The quantitative estimate of drug-likeness (QED) is 0.778. The molecule has 1 atom stereocenters.